The van der Waals surface area contributed by atoms with Crippen molar-refractivity contribution in [1.29, 1.82) is 0 Å². The minimum Gasteiger partial charge on any atom is -0.313 e. The van der Waals surface area contributed by atoms with E-state index in [0.29, 0.717) is 5.75 Å². The smallest absolute Gasteiger partial charge is 0.240 e. The molecule has 0 spiro atoms. The summed E-state index contributed by atoms with van der Waals surface area (Å²) >= 11 is 0. The molecule has 0 aliphatic heterocycles. The van der Waals surface area contributed by atoms with Crippen LogP contribution >= 0.6 is 0 Å². The highest BCUT2D eigenvalue weighted by molar-refractivity contribution is 7.89. The zero-order chi connectivity index (χ0) is 15.3. The summed E-state index contributed by atoms with van der Waals surface area (Å²) in [5, 5.41) is 3.09. The van der Waals surface area contributed by atoms with E-state index in [-0.39, 0.29) is 17.0 Å². The highest BCUT2D eigenvalue weighted by Crippen LogP contribution is 2.16. The van der Waals surface area contributed by atoms with Crippen molar-refractivity contribution in [3.05, 3.63) is 29.8 Å². The van der Waals surface area contributed by atoms with Gasteiger partial charge in [0.25, 0.3) is 0 Å². The topological polar surface area (TPSA) is 75.3 Å². The SMILES string of the molecule is CNC(C)c1ccc(S(=O)(=O)NC(C)CS(C)=O)cc1. The molecule has 1 aromatic carbocycles. The average molecular weight is 318 g/mol. The van der Waals surface area contributed by atoms with Gasteiger partial charge >= 0.3 is 0 Å². The Balaban J connectivity index is 2.85. The van der Waals surface area contributed by atoms with E-state index in [1.807, 2.05) is 14.0 Å². The Labute approximate surface area is 123 Å². The van der Waals surface area contributed by atoms with Gasteiger partial charge in [-0.25, -0.2) is 13.1 Å². The fourth-order valence-electron chi connectivity index (χ4n) is 1.82. The molecule has 5 nitrogen and oxygen atoms in total. The lowest BCUT2D eigenvalue weighted by Gasteiger charge is -2.14. The number of benzene rings is 1. The monoisotopic (exact) mass is 318 g/mol. The molecular formula is C13H22N2O3S2. The van der Waals surface area contributed by atoms with Crippen LogP contribution < -0.4 is 10.0 Å². The van der Waals surface area contributed by atoms with Crippen LogP contribution in [0.4, 0.5) is 0 Å². The van der Waals surface area contributed by atoms with Crippen LogP contribution in [0.1, 0.15) is 25.5 Å². The number of hydrogen-bond donors (Lipinski definition) is 2. The minimum atomic E-state index is -3.56. The van der Waals surface area contributed by atoms with Gasteiger partial charge in [-0.05, 0) is 38.6 Å². The molecule has 3 atom stereocenters. The summed E-state index contributed by atoms with van der Waals surface area (Å²) in [5.41, 5.74) is 1.02. The van der Waals surface area contributed by atoms with Gasteiger partial charge in [0.15, 0.2) is 0 Å². The molecule has 0 amide bonds. The molecule has 0 heterocycles. The molecule has 0 aliphatic rings. The van der Waals surface area contributed by atoms with Gasteiger partial charge in [-0.15, -0.1) is 0 Å². The van der Waals surface area contributed by atoms with Gasteiger partial charge < -0.3 is 5.32 Å². The second-order valence-electron chi connectivity index (χ2n) is 4.84. The lowest BCUT2D eigenvalue weighted by molar-refractivity contribution is 0.570. The van der Waals surface area contributed by atoms with E-state index in [0.717, 1.165) is 5.56 Å². The fraction of sp³-hybridized carbons (Fsp3) is 0.538. The van der Waals surface area contributed by atoms with Crippen molar-refractivity contribution >= 4 is 20.8 Å². The lowest BCUT2D eigenvalue weighted by atomic mass is 10.1. The minimum absolute atomic E-state index is 0.168. The van der Waals surface area contributed by atoms with Crippen LogP contribution in [0, 0.1) is 0 Å². The van der Waals surface area contributed by atoms with Crippen molar-refractivity contribution in [2.75, 3.05) is 19.1 Å². The normalized spacial score (nSPS) is 16.6. The van der Waals surface area contributed by atoms with Crippen LogP contribution in [-0.2, 0) is 20.8 Å². The van der Waals surface area contributed by atoms with E-state index < -0.39 is 20.8 Å². The quantitative estimate of drug-likeness (QED) is 0.787. The summed E-state index contributed by atoms with van der Waals surface area (Å²) in [6.07, 6.45) is 1.55. The Bertz CT molecular complexity index is 555. The largest absolute Gasteiger partial charge is 0.313 e. The summed E-state index contributed by atoms with van der Waals surface area (Å²) in [6.45, 7) is 3.71. The Morgan fingerprint density at radius 2 is 1.75 bits per heavy atom. The Morgan fingerprint density at radius 3 is 2.20 bits per heavy atom. The molecule has 0 radical (unpaired) electrons. The Kier molecular flexibility index (Phi) is 6.32. The van der Waals surface area contributed by atoms with Gasteiger partial charge in [0.05, 0.1) is 4.90 Å². The second-order valence-corrected chi connectivity index (χ2v) is 8.04. The third kappa shape index (κ3) is 4.97. The second kappa shape index (κ2) is 7.31. The number of nitrogens with one attached hydrogen (secondary N) is 2. The van der Waals surface area contributed by atoms with Gasteiger partial charge in [0.2, 0.25) is 10.0 Å². The van der Waals surface area contributed by atoms with Crippen molar-refractivity contribution in [2.45, 2.75) is 30.8 Å². The van der Waals surface area contributed by atoms with Crippen LogP contribution in [-0.4, -0.2) is 37.7 Å². The molecule has 0 fully saturated rings. The summed E-state index contributed by atoms with van der Waals surface area (Å²) in [6, 6.07) is 6.56. The molecule has 0 saturated carbocycles. The van der Waals surface area contributed by atoms with Crippen molar-refractivity contribution in [2.24, 2.45) is 0 Å². The molecule has 0 aliphatic carbocycles. The van der Waals surface area contributed by atoms with E-state index in [2.05, 4.69) is 10.0 Å². The van der Waals surface area contributed by atoms with Crippen LogP contribution in [0.15, 0.2) is 29.2 Å². The molecule has 2 N–H and O–H groups in total. The van der Waals surface area contributed by atoms with Gasteiger partial charge in [0.1, 0.15) is 0 Å². The maximum absolute atomic E-state index is 12.1. The number of sulfonamides is 1. The highest BCUT2D eigenvalue weighted by atomic mass is 32.2. The summed E-state index contributed by atoms with van der Waals surface area (Å²) in [4.78, 5) is 0.221. The average Bonchev–Trinajstić information content (AvgIpc) is 2.36. The molecule has 0 aromatic heterocycles. The van der Waals surface area contributed by atoms with Gasteiger partial charge in [-0.1, -0.05) is 12.1 Å². The van der Waals surface area contributed by atoms with E-state index in [4.69, 9.17) is 0 Å². The number of hydrogen-bond acceptors (Lipinski definition) is 4. The first-order valence-electron chi connectivity index (χ1n) is 6.36. The van der Waals surface area contributed by atoms with Crippen LogP contribution in [0.2, 0.25) is 0 Å². The first-order valence-corrected chi connectivity index (χ1v) is 9.57. The molecule has 114 valence electrons. The van der Waals surface area contributed by atoms with Crippen molar-refractivity contribution in [3.8, 4) is 0 Å². The van der Waals surface area contributed by atoms with E-state index >= 15 is 0 Å². The fourth-order valence-corrected chi connectivity index (χ4v) is 3.96. The van der Waals surface area contributed by atoms with Gasteiger partial charge in [-0.2, -0.15) is 0 Å². The van der Waals surface area contributed by atoms with Gasteiger partial charge in [0, 0.05) is 34.9 Å². The van der Waals surface area contributed by atoms with E-state index in [1.54, 1.807) is 37.4 Å². The first-order chi connectivity index (χ1) is 9.26. The summed E-state index contributed by atoms with van der Waals surface area (Å²) in [7, 11) is -2.74. The Hall–Kier alpha value is -0.760. The van der Waals surface area contributed by atoms with E-state index in [1.165, 1.54) is 0 Å². The third-order valence-electron chi connectivity index (χ3n) is 2.96. The molecule has 0 saturated heterocycles. The molecule has 7 heteroatoms. The maximum atomic E-state index is 12.1. The van der Waals surface area contributed by atoms with Crippen molar-refractivity contribution in [3.63, 3.8) is 0 Å². The Morgan fingerprint density at radius 1 is 1.20 bits per heavy atom. The van der Waals surface area contributed by atoms with Crippen LogP contribution in [0.25, 0.3) is 0 Å². The lowest BCUT2D eigenvalue weighted by Crippen LogP contribution is -2.36. The van der Waals surface area contributed by atoms with Crippen molar-refractivity contribution in [1.82, 2.24) is 10.0 Å². The zero-order valence-electron chi connectivity index (χ0n) is 12.2. The first kappa shape index (κ1) is 17.3. The predicted molar refractivity (Wildman–Crippen MR) is 82.6 cm³/mol. The summed E-state index contributed by atoms with van der Waals surface area (Å²) < 4.78 is 37.9. The molecule has 20 heavy (non-hydrogen) atoms. The molecule has 0 bridgehead atoms. The van der Waals surface area contributed by atoms with Crippen molar-refractivity contribution < 1.29 is 12.6 Å². The zero-order valence-corrected chi connectivity index (χ0v) is 13.8. The molecule has 1 aromatic rings. The van der Waals surface area contributed by atoms with E-state index in [9.17, 15) is 12.6 Å². The van der Waals surface area contributed by atoms with Crippen LogP contribution in [0.3, 0.4) is 0 Å². The molecular weight excluding hydrogens is 296 g/mol. The highest BCUT2D eigenvalue weighted by Gasteiger charge is 2.18. The predicted octanol–water partition coefficient (Wildman–Crippen LogP) is 1.01. The van der Waals surface area contributed by atoms with Crippen LogP contribution in [0.5, 0.6) is 0 Å². The van der Waals surface area contributed by atoms with Gasteiger partial charge in [-0.3, -0.25) is 4.21 Å². The maximum Gasteiger partial charge on any atom is 0.240 e. The standard InChI is InChI=1S/C13H22N2O3S2/c1-10(9-19(4)16)15-20(17,18)13-7-5-12(6-8-13)11(2)14-3/h5-8,10-11,14-15H,9H2,1-4H3. The molecule has 1 rings (SSSR count). The third-order valence-corrected chi connectivity index (χ3v) is 5.54. The number of rotatable bonds is 7. The summed E-state index contributed by atoms with van der Waals surface area (Å²) in [5.74, 6) is 0.300. The molecule has 3 unspecified atom stereocenters.